The average Bonchev–Trinajstić information content (AvgIpc) is 3.50. The number of fused-ring (bicyclic) bond motifs is 4. The molecule has 1 spiro atoms. The number of carbonyl (C=O) groups is 1. The monoisotopic (exact) mass is 418 g/mol. The Bertz CT molecular complexity index is 1010. The van der Waals surface area contributed by atoms with Crippen LogP contribution in [-0.4, -0.2) is 37.3 Å². The number of anilines is 1. The van der Waals surface area contributed by atoms with E-state index in [-0.39, 0.29) is 11.3 Å². The molecular weight excluding hydrogens is 384 g/mol. The lowest BCUT2D eigenvalue weighted by molar-refractivity contribution is -0.116. The maximum absolute atomic E-state index is 12.8. The van der Waals surface area contributed by atoms with Crippen LogP contribution in [0.3, 0.4) is 0 Å². The standard InChI is InChI=1S/C24H28N4O.C2H6/c1-16-5-4-6-21-23(2,3)19-8-7-17(28-12-11-26-24(15-28)9-10-24)13-20(19)25-14-18(16)22(29)27-21;1-2/h4-8,13-14,26H,9-12,15H2,1-3H3,(H,27,29);1-2H3. The summed E-state index contributed by atoms with van der Waals surface area (Å²) in [6, 6.07) is 6.60. The molecule has 1 aromatic rings. The number of amides is 1. The molecule has 0 aromatic heterocycles. The molecule has 3 heterocycles. The van der Waals surface area contributed by atoms with Crippen molar-refractivity contribution >= 4 is 23.5 Å². The van der Waals surface area contributed by atoms with Crippen LogP contribution in [0.4, 0.5) is 11.4 Å². The molecule has 5 rings (SSSR count). The maximum atomic E-state index is 12.8. The number of hydrogen-bond donors (Lipinski definition) is 2. The fourth-order valence-corrected chi connectivity index (χ4v) is 4.61. The van der Waals surface area contributed by atoms with Crippen LogP contribution in [0.25, 0.3) is 0 Å². The zero-order chi connectivity index (χ0) is 22.2. The highest BCUT2D eigenvalue weighted by atomic mass is 16.1. The van der Waals surface area contributed by atoms with E-state index in [2.05, 4.69) is 47.6 Å². The topological polar surface area (TPSA) is 56.7 Å². The van der Waals surface area contributed by atoms with Crippen molar-refractivity contribution in [3.8, 4) is 0 Å². The lowest BCUT2D eigenvalue weighted by atomic mass is 9.79. The van der Waals surface area contributed by atoms with E-state index < -0.39 is 0 Å². The second-order valence-corrected chi connectivity index (χ2v) is 9.20. The molecule has 3 aliphatic heterocycles. The summed E-state index contributed by atoms with van der Waals surface area (Å²) in [7, 11) is 0. The molecule has 0 unspecified atom stereocenters. The number of nitrogens with one attached hydrogen (secondary N) is 2. The van der Waals surface area contributed by atoms with Gasteiger partial charge in [-0.15, -0.1) is 0 Å². The number of piperazine rings is 1. The van der Waals surface area contributed by atoms with Crippen LogP contribution in [0, 0.1) is 0 Å². The molecule has 2 bridgehead atoms. The Kier molecular flexibility index (Phi) is 5.65. The van der Waals surface area contributed by atoms with Gasteiger partial charge in [0.2, 0.25) is 0 Å². The first-order valence-corrected chi connectivity index (χ1v) is 11.5. The molecule has 164 valence electrons. The summed E-state index contributed by atoms with van der Waals surface area (Å²) in [6.45, 7) is 13.3. The summed E-state index contributed by atoms with van der Waals surface area (Å²) in [5.74, 6) is -0.0965. The van der Waals surface area contributed by atoms with E-state index in [1.54, 1.807) is 6.21 Å². The van der Waals surface area contributed by atoms with E-state index in [9.17, 15) is 4.79 Å². The minimum Gasteiger partial charge on any atom is -0.368 e. The van der Waals surface area contributed by atoms with Crippen molar-refractivity contribution in [3.63, 3.8) is 0 Å². The zero-order valence-corrected chi connectivity index (χ0v) is 19.4. The molecule has 5 nitrogen and oxygen atoms in total. The second kappa shape index (κ2) is 8.12. The first-order chi connectivity index (χ1) is 14.9. The third-order valence-electron chi connectivity index (χ3n) is 6.78. The van der Waals surface area contributed by atoms with Gasteiger partial charge in [0.25, 0.3) is 5.91 Å². The molecule has 1 aliphatic carbocycles. The quantitative estimate of drug-likeness (QED) is 0.704. The van der Waals surface area contributed by atoms with Gasteiger partial charge in [0.05, 0.1) is 11.3 Å². The molecule has 0 radical (unpaired) electrons. The summed E-state index contributed by atoms with van der Waals surface area (Å²) in [4.78, 5) is 20.1. The number of benzene rings is 1. The Hall–Kier alpha value is -2.66. The Balaban J connectivity index is 0.00000112. The highest BCUT2D eigenvalue weighted by Crippen LogP contribution is 2.42. The van der Waals surface area contributed by atoms with Gasteiger partial charge in [-0.1, -0.05) is 45.9 Å². The van der Waals surface area contributed by atoms with E-state index in [0.29, 0.717) is 11.1 Å². The molecule has 4 aliphatic rings. The number of aliphatic imine (C=N–C) groups is 1. The molecule has 1 amide bonds. The highest BCUT2D eigenvalue weighted by molar-refractivity contribution is 6.14. The minimum absolute atomic E-state index is 0.0965. The van der Waals surface area contributed by atoms with Gasteiger partial charge < -0.3 is 15.5 Å². The predicted molar refractivity (Wildman–Crippen MR) is 129 cm³/mol. The average molecular weight is 419 g/mol. The predicted octanol–water partition coefficient (Wildman–Crippen LogP) is 4.53. The maximum Gasteiger partial charge on any atom is 0.257 e. The van der Waals surface area contributed by atoms with Crippen molar-refractivity contribution in [1.82, 2.24) is 10.6 Å². The van der Waals surface area contributed by atoms with Gasteiger partial charge in [-0.2, -0.15) is 0 Å². The fourth-order valence-electron chi connectivity index (χ4n) is 4.61. The Labute approximate surface area is 186 Å². The number of nitrogens with zero attached hydrogens (tertiary/aromatic N) is 2. The van der Waals surface area contributed by atoms with Crippen LogP contribution < -0.4 is 15.5 Å². The van der Waals surface area contributed by atoms with Gasteiger partial charge in [0, 0.05) is 48.2 Å². The number of allylic oxidation sites excluding steroid dienone is 5. The van der Waals surface area contributed by atoms with Gasteiger partial charge >= 0.3 is 0 Å². The van der Waals surface area contributed by atoms with E-state index in [4.69, 9.17) is 4.99 Å². The van der Waals surface area contributed by atoms with Crippen LogP contribution in [0.15, 0.2) is 58.3 Å². The Morgan fingerprint density at radius 1 is 1.16 bits per heavy atom. The van der Waals surface area contributed by atoms with Crippen molar-refractivity contribution in [2.45, 2.75) is 58.4 Å². The number of hydrogen-bond acceptors (Lipinski definition) is 4. The van der Waals surface area contributed by atoms with Gasteiger partial charge in [0.1, 0.15) is 0 Å². The first-order valence-electron chi connectivity index (χ1n) is 11.5. The van der Waals surface area contributed by atoms with E-state index in [0.717, 1.165) is 42.2 Å². The minimum atomic E-state index is -0.368. The Morgan fingerprint density at radius 2 is 1.94 bits per heavy atom. The van der Waals surface area contributed by atoms with Crippen molar-refractivity contribution in [2.75, 3.05) is 24.5 Å². The SMILES string of the molecule is CC.CC1=C2/C=Nc3cc(N4CCNC5(CC5)C4)ccc3C(C)(C)/C(=C/C=C\1)NC2=O. The number of rotatable bonds is 1. The molecule has 2 fully saturated rings. The summed E-state index contributed by atoms with van der Waals surface area (Å²) in [5.41, 5.74) is 5.64. The van der Waals surface area contributed by atoms with Crippen LogP contribution in [0.5, 0.6) is 0 Å². The summed E-state index contributed by atoms with van der Waals surface area (Å²) in [6.07, 6.45) is 10.3. The molecule has 1 saturated heterocycles. The number of carbonyl (C=O) groups excluding carboxylic acids is 1. The molecule has 1 aromatic carbocycles. The van der Waals surface area contributed by atoms with Crippen molar-refractivity contribution in [3.05, 3.63) is 58.8 Å². The molecule has 5 heteroatoms. The van der Waals surface area contributed by atoms with Gasteiger partial charge in [-0.3, -0.25) is 9.79 Å². The van der Waals surface area contributed by atoms with Gasteiger partial charge in [-0.25, -0.2) is 0 Å². The fraction of sp³-hybridized carbons (Fsp3) is 0.462. The third-order valence-corrected chi connectivity index (χ3v) is 6.78. The van der Waals surface area contributed by atoms with Crippen LogP contribution in [0.1, 0.15) is 53.0 Å². The van der Waals surface area contributed by atoms with Crippen molar-refractivity contribution < 1.29 is 4.79 Å². The van der Waals surface area contributed by atoms with Crippen LogP contribution in [0.2, 0.25) is 0 Å². The van der Waals surface area contributed by atoms with E-state index >= 15 is 0 Å². The normalized spacial score (nSPS) is 27.8. The second-order valence-electron chi connectivity index (χ2n) is 9.20. The molecule has 2 N–H and O–H groups in total. The lowest BCUT2D eigenvalue weighted by Crippen LogP contribution is -2.52. The van der Waals surface area contributed by atoms with Crippen molar-refractivity contribution in [2.24, 2.45) is 4.99 Å². The summed E-state index contributed by atoms with van der Waals surface area (Å²) >= 11 is 0. The zero-order valence-electron chi connectivity index (χ0n) is 19.4. The first kappa shape index (κ1) is 21.6. The smallest absolute Gasteiger partial charge is 0.257 e. The third kappa shape index (κ3) is 3.99. The Morgan fingerprint density at radius 3 is 2.68 bits per heavy atom. The summed E-state index contributed by atoms with van der Waals surface area (Å²) in [5, 5.41) is 6.80. The van der Waals surface area contributed by atoms with Gasteiger partial charge in [-0.05, 0) is 49.1 Å². The van der Waals surface area contributed by atoms with Crippen LogP contribution >= 0.6 is 0 Å². The highest BCUT2D eigenvalue weighted by Gasteiger charge is 2.45. The van der Waals surface area contributed by atoms with Crippen molar-refractivity contribution in [1.29, 1.82) is 0 Å². The van der Waals surface area contributed by atoms with Gasteiger partial charge in [0.15, 0.2) is 0 Å². The van der Waals surface area contributed by atoms with Crippen LogP contribution in [-0.2, 0) is 10.2 Å². The summed E-state index contributed by atoms with van der Waals surface area (Å²) < 4.78 is 0. The molecular formula is C26H34N4O. The lowest BCUT2D eigenvalue weighted by Gasteiger charge is -2.36. The molecule has 0 atom stereocenters. The molecule has 1 saturated carbocycles. The molecule has 31 heavy (non-hydrogen) atoms. The van der Waals surface area contributed by atoms with E-state index in [1.807, 2.05) is 39.0 Å². The largest absolute Gasteiger partial charge is 0.368 e. The van der Waals surface area contributed by atoms with E-state index in [1.165, 1.54) is 18.5 Å².